The van der Waals surface area contributed by atoms with Gasteiger partial charge in [-0.2, -0.15) is 18.3 Å². The number of amides is 1. The third-order valence-electron chi connectivity index (χ3n) is 6.78. The molecule has 5 rings (SSSR count). The van der Waals surface area contributed by atoms with Crippen LogP contribution in [0.15, 0.2) is 47.1 Å². The molecule has 0 unspecified atom stereocenters. The third-order valence-corrected chi connectivity index (χ3v) is 6.78. The first kappa shape index (κ1) is 22.4. The van der Waals surface area contributed by atoms with E-state index in [1.165, 1.54) is 23.5 Å². The number of piperazine rings is 1. The normalized spacial score (nSPS) is 20.7. The molecule has 1 amide bonds. The maximum absolute atomic E-state index is 13.8. The molecule has 2 aliphatic heterocycles. The molecule has 0 spiro atoms. The number of aromatic nitrogens is 2. The molecule has 0 radical (unpaired) electrons. The standard InChI is InChI=1S/C24H26F3N5O2/c1-15-5-3-6-19(16(15)2)30-8-10-31(11-9-30)23(33)18-14-22-28-17(20-7-4-12-34-20)13-21(24(25,26)27)32(22)29-18/h3-7,12,14,17,21,28H,8-11,13H2,1-2H3/t17-,21+/m1/s1. The van der Waals surface area contributed by atoms with Gasteiger partial charge in [-0.25, -0.2) is 4.68 Å². The number of halogens is 3. The van der Waals surface area contributed by atoms with Crippen LogP contribution in [0.3, 0.4) is 0 Å². The highest BCUT2D eigenvalue weighted by atomic mass is 19.4. The van der Waals surface area contributed by atoms with Gasteiger partial charge in [-0.05, 0) is 43.2 Å². The molecule has 0 saturated carbocycles. The Balaban J connectivity index is 1.34. The molecule has 1 saturated heterocycles. The van der Waals surface area contributed by atoms with E-state index in [4.69, 9.17) is 4.42 Å². The Labute approximate surface area is 195 Å². The topological polar surface area (TPSA) is 66.5 Å². The number of anilines is 2. The number of furan rings is 1. The summed E-state index contributed by atoms with van der Waals surface area (Å²) in [6.07, 6.45) is -3.35. The minimum Gasteiger partial charge on any atom is -0.467 e. The van der Waals surface area contributed by atoms with Gasteiger partial charge in [0.2, 0.25) is 0 Å². The fourth-order valence-electron chi connectivity index (χ4n) is 4.74. The number of carbonyl (C=O) groups excluding carboxylic acids is 1. The Morgan fingerprint density at radius 3 is 2.56 bits per heavy atom. The quantitative estimate of drug-likeness (QED) is 0.597. The lowest BCUT2D eigenvalue weighted by atomic mass is 10.0. The molecular weight excluding hydrogens is 447 g/mol. The predicted molar refractivity (Wildman–Crippen MR) is 121 cm³/mol. The van der Waals surface area contributed by atoms with Crippen molar-refractivity contribution in [3.63, 3.8) is 0 Å². The van der Waals surface area contributed by atoms with E-state index in [-0.39, 0.29) is 23.8 Å². The summed E-state index contributed by atoms with van der Waals surface area (Å²) >= 11 is 0. The van der Waals surface area contributed by atoms with E-state index < -0.39 is 18.3 Å². The summed E-state index contributed by atoms with van der Waals surface area (Å²) in [5, 5.41) is 7.14. The molecule has 0 bridgehead atoms. The summed E-state index contributed by atoms with van der Waals surface area (Å²) in [6.45, 7) is 6.38. The van der Waals surface area contributed by atoms with Gasteiger partial charge in [0.05, 0.1) is 12.3 Å². The van der Waals surface area contributed by atoms with E-state index in [1.54, 1.807) is 17.0 Å². The minimum absolute atomic E-state index is 0.0111. The Bertz CT molecular complexity index is 1180. The van der Waals surface area contributed by atoms with Crippen LogP contribution in [0.5, 0.6) is 0 Å². The second kappa shape index (κ2) is 8.41. The molecule has 1 N–H and O–H groups in total. The van der Waals surface area contributed by atoms with Crippen molar-refractivity contribution in [1.82, 2.24) is 14.7 Å². The predicted octanol–water partition coefficient (Wildman–Crippen LogP) is 4.72. The van der Waals surface area contributed by atoms with E-state index in [1.807, 2.05) is 6.07 Å². The fourth-order valence-corrected chi connectivity index (χ4v) is 4.74. The number of rotatable bonds is 3. The first-order chi connectivity index (χ1) is 16.2. The molecule has 7 nitrogen and oxygen atoms in total. The van der Waals surface area contributed by atoms with Crippen LogP contribution in [0, 0.1) is 13.8 Å². The van der Waals surface area contributed by atoms with Crippen LogP contribution >= 0.6 is 0 Å². The molecule has 2 atom stereocenters. The minimum atomic E-state index is -4.51. The van der Waals surface area contributed by atoms with Crippen LogP contribution in [0.1, 0.15) is 45.9 Å². The molecule has 2 aromatic heterocycles. The molecule has 34 heavy (non-hydrogen) atoms. The second-order valence-electron chi connectivity index (χ2n) is 8.86. The van der Waals surface area contributed by atoms with Crippen LogP contribution in [0.2, 0.25) is 0 Å². The first-order valence-electron chi connectivity index (χ1n) is 11.3. The van der Waals surface area contributed by atoms with Gasteiger partial charge < -0.3 is 19.5 Å². The fraction of sp³-hybridized carbons (Fsp3) is 0.417. The zero-order valence-electron chi connectivity index (χ0n) is 19.0. The molecule has 3 aromatic rings. The number of hydrogen-bond donors (Lipinski definition) is 1. The number of fused-ring (bicyclic) bond motifs is 1. The summed E-state index contributed by atoms with van der Waals surface area (Å²) in [5.74, 6) is 0.212. The summed E-state index contributed by atoms with van der Waals surface area (Å²) in [4.78, 5) is 17.0. The summed E-state index contributed by atoms with van der Waals surface area (Å²) in [6, 6.07) is 8.34. The number of benzene rings is 1. The van der Waals surface area contributed by atoms with Crippen molar-refractivity contribution in [2.75, 3.05) is 36.4 Å². The summed E-state index contributed by atoms with van der Waals surface area (Å²) in [5.41, 5.74) is 3.57. The van der Waals surface area contributed by atoms with Crippen LogP contribution in [-0.2, 0) is 0 Å². The smallest absolute Gasteiger partial charge is 0.410 e. The highest BCUT2D eigenvalue weighted by Gasteiger charge is 2.47. The van der Waals surface area contributed by atoms with Crippen molar-refractivity contribution < 1.29 is 22.4 Å². The van der Waals surface area contributed by atoms with Gasteiger partial charge in [0, 0.05) is 44.4 Å². The highest BCUT2D eigenvalue weighted by molar-refractivity contribution is 5.93. The van der Waals surface area contributed by atoms with Gasteiger partial charge in [-0.1, -0.05) is 12.1 Å². The average molecular weight is 473 g/mol. The molecule has 4 heterocycles. The second-order valence-corrected chi connectivity index (χ2v) is 8.86. The zero-order valence-corrected chi connectivity index (χ0v) is 19.0. The Kier molecular flexibility index (Phi) is 5.53. The van der Waals surface area contributed by atoms with Crippen LogP contribution in [-0.4, -0.2) is 52.9 Å². The van der Waals surface area contributed by atoms with E-state index in [9.17, 15) is 18.0 Å². The van der Waals surface area contributed by atoms with Crippen molar-refractivity contribution in [3.05, 3.63) is 65.2 Å². The van der Waals surface area contributed by atoms with Gasteiger partial charge >= 0.3 is 6.18 Å². The van der Waals surface area contributed by atoms with Gasteiger partial charge in [0.15, 0.2) is 11.7 Å². The van der Waals surface area contributed by atoms with Crippen LogP contribution in [0.4, 0.5) is 24.7 Å². The van der Waals surface area contributed by atoms with Crippen LogP contribution in [0.25, 0.3) is 0 Å². The van der Waals surface area contributed by atoms with Crippen molar-refractivity contribution in [2.24, 2.45) is 0 Å². The number of nitrogens with one attached hydrogen (secondary N) is 1. The van der Waals surface area contributed by atoms with E-state index in [0.29, 0.717) is 31.9 Å². The van der Waals surface area contributed by atoms with Crippen molar-refractivity contribution >= 4 is 17.4 Å². The maximum Gasteiger partial charge on any atom is 0.410 e. The molecule has 180 valence electrons. The van der Waals surface area contributed by atoms with Gasteiger partial charge in [-0.15, -0.1) is 0 Å². The van der Waals surface area contributed by atoms with Gasteiger partial charge in [-0.3, -0.25) is 4.79 Å². The van der Waals surface area contributed by atoms with Crippen molar-refractivity contribution in [2.45, 2.75) is 38.5 Å². The molecule has 2 aliphatic rings. The van der Waals surface area contributed by atoms with Gasteiger partial charge in [0.1, 0.15) is 11.6 Å². The Hall–Kier alpha value is -3.43. The lowest BCUT2D eigenvalue weighted by Gasteiger charge is -2.36. The van der Waals surface area contributed by atoms with E-state index in [2.05, 4.69) is 41.3 Å². The first-order valence-corrected chi connectivity index (χ1v) is 11.3. The maximum atomic E-state index is 13.8. The largest absolute Gasteiger partial charge is 0.467 e. The molecule has 10 heteroatoms. The number of carbonyl (C=O) groups is 1. The van der Waals surface area contributed by atoms with Gasteiger partial charge in [0.25, 0.3) is 5.91 Å². The Morgan fingerprint density at radius 1 is 1.12 bits per heavy atom. The SMILES string of the molecule is Cc1cccc(N2CCN(C(=O)c3cc4n(n3)[C@H](C(F)(F)F)C[C@H](c3ccco3)N4)CC2)c1C. The Morgan fingerprint density at radius 2 is 1.88 bits per heavy atom. The lowest BCUT2D eigenvalue weighted by molar-refractivity contribution is -0.174. The monoisotopic (exact) mass is 473 g/mol. The lowest BCUT2D eigenvalue weighted by Crippen LogP contribution is -2.49. The summed E-state index contributed by atoms with van der Waals surface area (Å²) in [7, 11) is 0. The average Bonchev–Trinajstić information content (AvgIpc) is 3.49. The number of aryl methyl sites for hydroxylation is 1. The number of nitrogens with zero attached hydrogens (tertiary/aromatic N) is 4. The van der Waals surface area contributed by atoms with Crippen molar-refractivity contribution in [1.29, 1.82) is 0 Å². The molecule has 1 fully saturated rings. The molecule has 1 aromatic carbocycles. The van der Waals surface area contributed by atoms with Crippen LogP contribution < -0.4 is 10.2 Å². The molecular formula is C24H26F3N5O2. The van der Waals surface area contributed by atoms with E-state index >= 15 is 0 Å². The number of hydrogen-bond acceptors (Lipinski definition) is 5. The molecule has 0 aliphatic carbocycles. The summed E-state index contributed by atoms with van der Waals surface area (Å²) < 4.78 is 47.7. The highest BCUT2D eigenvalue weighted by Crippen LogP contribution is 2.43. The zero-order chi connectivity index (χ0) is 24.0. The number of alkyl halides is 3. The van der Waals surface area contributed by atoms with Crippen molar-refractivity contribution in [3.8, 4) is 0 Å². The van der Waals surface area contributed by atoms with E-state index in [0.717, 1.165) is 10.4 Å². The third kappa shape index (κ3) is 4.01.